The van der Waals surface area contributed by atoms with Crippen LogP contribution in [0.5, 0.6) is 0 Å². The van der Waals surface area contributed by atoms with Gasteiger partial charge < -0.3 is 20.0 Å². The topological polar surface area (TPSA) is 68.2 Å². The lowest BCUT2D eigenvalue weighted by molar-refractivity contribution is -0.157. The number of amides is 2. The number of nitrogens with one attached hydrogen (secondary N) is 1. The predicted molar refractivity (Wildman–Crippen MR) is 83.5 cm³/mol. The number of guanidine groups is 1. The predicted octanol–water partition coefficient (Wildman–Crippen LogP) is 0.137. The zero-order valence-electron chi connectivity index (χ0n) is 14.2. The summed E-state index contributed by atoms with van der Waals surface area (Å²) in [6.45, 7) is 4.47. The highest BCUT2D eigenvalue weighted by Gasteiger charge is 2.31. The van der Waals surface area contributed by atoms with Gasteiger partial charge in [0.05, 0.1) is 0 Å². The standard InChI is InChI=1S/C14H24F3N5O2/c1-4-18-13(22-7-5-21(6-8-22)11(2)23)19-9-12(24)20(3)10-14(15,16)17/h4-10H2,1-3H3,(H,18,19). The maximum atomic E-state index is 12.3. The van der Waals surface area contributed by atoms with E-state index in [0.29, 0.717) is 43.6 Å². The Kier molecular flexibility index (Phi) is 7.30. The highest BCUT2D eigenvalue weighted by molar-refractivity contribution is 5.85. The number of alkyl halides is 3. The fourth-order valence-corrected chi connectivity index (χ4v) is 2.28. The molecule has 0 saturated carbocycles. The fraction of sp³-hybridized carbons (Fsp3) is 0.786. The number of aliphatic imine (C=N–C) groups is 1. The second-order valence-electron chi connectivity index (χ2n) is 5.53. The van der Waals surface area contributed by atoms with E-state index in [2.05, 4.69) is 10.3 Å². The van der Waals surface area contributed by atoms with Gasteiger partial charge in [-0.15, -0.1) is 0 Å². The smallest absolute Gasteiger partial charge is 0.357 e. The van der Waals surface area contributed by atoms with Gasteiger partial charge in [0.2, 0.25) is 11.8 Å². The SMILES string of the molecule is CCNC(=NCC(=O)N(C)CC(F)(F)F)N1CCN(C(C)=O)CC1. The molecule has 1 rings (SSSR count). The number of likely N-dealkylation sites (N-methyl/N-ethyl adjacent to an activating group) is 1. The molecular weight excluding hydrogens is 327 g/mol. The van der Waals surface area contributed by atoms with Crippen molar-refractivity contribution in [3.05, 3.63) is 0 Å². The Morgan fingerprint density at radius 2 is 1.71 bits per heavy atom. The summed E-state index contributed by atoms with van der Waals surface area (Å²) in [7, 11) is 1.10. The molecule has 138 valence electrons. The molecule has 24 heavy (non-hydrogen) atoms. The highest BCUT2D eigenvalue weighted by Crippen LogP contribution is 2.15. The van der Waals surface area contributed by atoms with Crippen molar-refractivity contribution in [3.8, 4) is 0 Å². The Morgan fingerprint density at radius 3 is 2.17 bits per heavy atom. The van der Waals surface area contributed by atoms with E-state index >= 15 is 0 Å². The normalized spacial score (nSPS) is 16.2. The van der Waals surface area contributed by atoms with Gasteiger partial charge >= 0.3 is 6.18 Å². The van der Waals surface area contributed by atoms with E-state index < -0.39 is 18.6 Å². The number of halogens is 3. The Bertz CT molecular complexity index is 474. The summed E-state index contributed by atoms with van der Waals surface area (Å²) in [5.74, 6) is -0.236. The third-order valence-electron chi connectivity index (χ3n) is 3.57. The van der Waals surface area contributed by atoms with Gasteiger partial charge in [-0.25, -0.2) is 4.99 Å². The van der Waals surface area contributed by atoms with Crippen LogP contribution >= 0.6 is 0 Å². The Labute approximate surface area is 139 Å². The number of rotatable bonds is 4. The Hall–Kier alpha value is -2.00. The summed E-state index contributed by atoms with van der Waals surface area (Å²) in [6, 6.07) is 0. The number of piperazine rings is 1. The molecule has 0 aliphatic carbocycles. The molecule has 10 heteroatoms. The van der Waals surface area contributed by atoms with Gasteiger partial charge in [0.25, 0.3) is 0 Å². The number of nitrogens with zero attached hydrogens (tertiary/aromatic N) is 4. The Morgan fingerprint density at radius 1 is 1.17 bits per heavy atom. The highest BCUT2D eigenvalue weighted by atomic mass is 19.4. The minimum absolute atomic E-state index is 0.000503. The van der Waals surface area contributed by atoms with Gasteiger partial charge in [-0.2, -0.15) is 13.2 Å². The molecule has 0 bridgehead atoms. The van der Waals surface area contributed by atoms with Crippen LogP contribution in [0.3, 0.4) is 0 Å². The summed E-state index contributed by atoms with van der Waals surface area (Å²) < 4.78 is 36.9. The van der Waals surface area contributed by atoms with Crippen LogP contribution in [-0.2, 0) is 9.59 Å². The first-order valence-corrected chi connectivity index (χ1v) is 7.73. The van der Waals surface area contributed by atoms with Gasteiger partial charge in [0, 0.05) is 46.7 Å². The zero-order chi connectivity index (χ0) is 18.3. The molecule has 0 aromatic carbocycles. The quantitative estimate of drug-likeness (QED) is 0.578. The first-order valence-electron chi connectivity index (χ1n) is 7.73. The summed E-state index contributed by atoms with van der Waals surface area (Å²) in [4.78, 5) is 31.4. The molecular formula is C14H24F3N5O2. The van der Waals surface area contributed by atoms with Crippen molar-refractivity contribution >= 4 is 17.8 Å². The fourth-order valence-electron chi connectivity index (χ4n) is 2.28. The molecule has 0 radical (unpaired) electrons. The molecule has 1 aliphatic rings. The van der Waals surface area contributed by atoms with E-state index in [1.165, 1.54) is 6.92 Å². The van der Waals surface area contributed by atoms with Crippen molar-refractivity contribution in [2.24, 2.45) is 4.99 Å². The van der Waals surface area contributed by atoms with Crippen LogP contribution in [0.4, 0.5) is 13.2 Å². The van der Waals surface area contributed by atoms with Crippen LogP contribution in [0, 0.1) is 0 Å². The second kappa shape index (κ2) is 8.74. The lowest BCUT2D eigenvalue weighted by Gasteiger charge is -2.36. The molecule has 0 spiro atoms. The van der Waals surface area contributed by atoms with Gasteiger partial charge in [0.1, 0.15) is 13.1 Å². The van der Waals surface area contributed by atoms with Crippen LogP contribution in [0.15, 0.2) is 4.99 Å². The molecule has 0 aromatic rings. The lowest BCUT2D eigenvalue weighted by atomic mass is 10.3. The zero-order valence-corrected chi connectivity index (χ0v) is 14.2. The van der Waals surface area contributed by atoms with Crippen molar-refractivity contribution in [1.29, 1.82) is 0 Å². The van der Waals surface area contributed by atoms with E-state index in [4.69, 9.17) is 0 Å². The van der Waals surface area contributed by atoms with Gasteiger partial charge in [-0.1, -0.05) is 0 Å². The molecule has 1 heterocycles. The number of hydrogen-bond donors (Lipinski definition) is 1. The van der Waals surface area contributed by atoms with Crippen molar-refractivity contribution in [2.75, 3.05) is 52.9 Å². The third kappa shape index (κ3) is 6.63. The van der Waals surface area contributed by atoms with E-state index in [-0.39, 0.29) is 12.5 Å². The molecule has 1 aliphatic heterocycles. The molecule has 0 unspecified atom stereocenters. The minimum Gasteiger partial charge on any atom is -0.357 e. The third-order valence-corrected chi connectivity index (χ3v) is 3.57. The lowest BCUT2D eigenvalue weighted by Crippen LogP contribution is -2.53. The number of carbonyl (C=O) groups excluding carboxylic acids is 2. The van der Waals surface area contributed by atoms with Crippen LogP contribution in [-0.4, -0.2) is 91.5 Å². The average Bonchev–Trinajstić information content (AvgIpc) is 2.49. The summed E-state index contributed by atoms with van der Waals surface area (Å²) in [6.07, 6.45) is -4.43. The van der Waals surface area contributed by atoms with Crippen LogP contribution in [0.1, 0.15) is 13.8 Å². The van der Waals surface area contributed by atoms with Crippen LogP contribution < -0.4 is 5.32 Å². The van der Waals surface area contributed by atoms with Crippen molar-refractivity contribution in [1.82, 2.24) is 20.0 Å². The number of carbonyl (C=O) groups is 2. The first-order chi connectivity index (χ1) is 11.1. The maximum Gasteiger partial charge on any atom is 0.406 e. The summed E-state index contributed by atoms with van der Waals surface area (Å²) >= 11 is 0. The maximum absolute atomic E-state index is 12.3. The monoisotopic (exact) mass is 351 g/mol. The van der Waals surface area contributed by atoms with Crippen molar-refractivity contribution in [2.45, 2.75) is 20.0 Å². The van der Waals surface area contributed by atoms with Gasteiger partial charge in [0.15, 0.2) is 5.96 Å². The molecule has 1 saturated heterocycles. The largest absolute Gasteiger partial charge is 0.406 e. The molecule has 1 N–H and O–H groups in total. The molecule has 2 amide bonds. The summed E-state index contributed by atoms with van der Waals surface area (Å²) in [5, 5.41) is 3.02. The van der Waals surface area contributed by atoms with E-state index in [1.54, 1.807) is 4.90 Å². The minimum atomic E-state index is -4.43. The molecule has 0 aromatic heterocycles. The van der Waals surface area contributed by atoms with Gasteiger partial charge in [-0.05, 0) is 6.92 Å². The van der Waals surface area contributed by atoms with Crippen molar-refractivity contribution in [3.63, 3.8) is 0 Å². The van der Waals surface area contributed by atoms with E-state index in [0.717, 1.165) is 7.05 Å². The Balaban J connectivity index is 2.63. The van der Waals surface area contributed by atoms with E-state index in [1.807, 2.05) is 11.8 Å². The molecule has 0 atom stereocenters. The number of hydrogen-bond acceptors (Lipinski definition) is 3. The van der Waals surface area contributed by atoms with E-state index in [9.17, 15) is 22.8 Å². The van der Waals surface area contributed by atoms with Crippen molar-refractivity contribution < 1.29 is 22.8 Å². The summed E-state index contributed by atoms with van der Waals surface area (Å²) in [5.41, 5.74) is 0. The molecule has 1 fully saturated rings. The van der Waals surface area contributed by atoms with Crippen LogP contribution in [0.25, 0.3) is 0 Å². The second-order valence-corrected chi connectivity index (χ2v) is 5.53. The molecule has 7 nitrogen and oxygen atoms in total. The van der Waals surface area contributed by atoms with Gasteiger partial charge in [-0.3, -0.25) is 9.59 Å². The first kappa shape index (κ1) is 20.0. The van der Waals surface area contributed by atoms with Crippen LogP contribution in [0.2, 0.25) is 0 Å². The average molecular weight is 351 g/mol.